The van der Waals surface area contributed by atoms with Crippen LogP contribution in [0, 0.1) is 0 Å². The van der Waals surface area contributed by atoms with E-state index in [2.05, 4.69) is 74.4 Å². The summed E-state index contributed by atoms with van der Waals surface area (Å²) in [4.78, 5) is 11.8. The zero-order valence-corrected chi connectivity index (χ0v) is 19.4. The Kier molecular flexibility index (Phi) is 6.11. The van der Waals surface area contributed by atoms with Crippen molar-refractivity contribution in [1.29, 1.82) is 0 Å². The lowest BCUT2D eigenvalue weighted by molar-refractivity contribution is 0.486. The highest BCUT2D eigenvalue weighted by Gasteiger charge is 2.26. The van der Waals surface area contributed by atoms with E-state index < -0.39 is 0 Å². The molecule has 33 heavy (non-hydrogen) atoms. The SMILES string of the molecule is CCNC(=NCc1ccc(Cn2cnc3ccccc32)cc1)N1CCC(c2cnn(C)c2)C1. The highest BCUT2D eigenvalue weighted by Crippen LogP contribution is 2.26. The summed E-state index contributed by atoms with van der Waals surface area (Å²) >= 11 is 0. The fraction of sp³-hybridized carbons (Fsp3) is 0.346. The van der Waals surface area contributed by atoms with Crippen LogP contribution in [0.4, 0.5) is 0 Å². The van der Waals surface area contributed by atoms with Gasteiger partial charge in [-0.2, -0.15) is 5.10 Å². The molecule has 3 heterocycles. The number of hydrogen-bond donors (Lipinski definition) is 1. The summed E-state index contributed by atoms with van der Waals surface area (Å²) in [6.45, 7) is 6.48. The van der Waals surface area contributed by atoms with Gasteiger partial charge in [0.15, 0.2) is 5.96 Å². The second-order valence-corrected chi connectivity index (χ2v) is 8.73. The highest BCUT2D eigenvalue weighted by atomic mass is 15.3. The first-order chi connectivity index (χ1) is 16.2. The molecule has 2 aromatic heterocycles. The van der Waals surface area contributed by atoms with Gasteiger partial charge < -0.3 is 14.8 Å². The number of para-hydroxylation sites is 2. The molecule has 1 saturated heterocycles. The average molecular weight is 442 g/mol. The summed E-state index contributed by atoms with van der Waals surface area (Å²) in [7, 11) is 1.98. The molecule has 1 fully saturated rings. The van der Waals surface area contributed by atoms with Crippen molar-refractivity contribution in [2.75, 3.05) is 19.6 Å². The Hall–Kier alpha value is -3.61. The van der Waals surface area contributed by atoms with Crippen LogP contribution >= 0.6 is 0 Å². The molecule has 5 rings (SSSR count). The molecule has 0 saturated carbocycles. The molecule has 1 N–H and O–H groups in total. The zero-order chi connectivity index (χ0) is 22.6. The quantitative estimate of drug-likeness (QED) is 0.365. The van der Waals surface area contributed by atoms with Crippen molar-refractivity contribution in [1.82, 2.24) is 29.5 Å². The summed E-state index contributed by atoms with van der Waals surface area (Å²) in [5, 5.41) is 7.81. The number of aromatic nitrogens is 4. The molecule has 4 aromatic rings. The number of nitrogens with one attached hydrogen (secondary N) is 1. The van der Waals surface area contributed by atoms with Crippen LogP contribution in [0.15, 0.2) is 72.2 Å². The number of benzene rings is 2. The molecular formula is C26H31N7. The third-order valence-corrected chi connectivity index (χ3v) is 6.33. The largest absolute Gasteiger partial charge is 0.357 e. The number of fused-ring (bicyclic) bond motifs is 1. The molecule has 0 aliphatic carbocycles. The van der Waals surface area contributed by atoms with Gasteiger partial charge in [-0.15, -0.1) is 0 Å². The molecule has 7 heteroatoms. The van der Waals surface area contributed by atoms with Crippen molar-refractivity contribution >= 4 is 17.0 Å². The maximum Gasteiger partial charge on any atom is 0.194 e. The van der Waals surface area contributed by atoms with Gasteiger partial charge in [0.25, 0.3) is 0 Å². The van der Waals surface area contributed by atoms with Gasteiger partial charge in [-0.3, -0.25) is 4.68 Å². The number of nitrogens with zero attached hydrogens (tertiary/aromatic N) is 6. The van der Waals surface area contributed by atoms with E-state index in [0.717, 1.165) is 49.6 Å². The Balaban J connectivity index is 1.23. The van der Waals surface area contributed by atoms with Crippen LogP contribution in [0.2, 0.25) is 0 Å². The standard InChI is InChI=1S/C26H31N7/c1-3-27-26(32-13-12-22(18-32)23-15-30-31(2)17-23)28-14-20-8-10-21(11-9-20)16-33-19-29-24-6-4-5-7-25(24)33/h4-11,15,17,19,22H,3,12-14,16,18H2,1-2H3,(H,27,28). The first-order valence-corrected chi connectivity index (χ1v) is 11.7. The molecule has 170 valence electrons. The van der Waals surface area contributed by atoms with Crippen LogP contribution in [-0.4, -0.2) is 49.8 Å². The third kappa shape index (κ3) is 4.77. The topological polar surface area (TPSA) is 63.3 Å². The van der Waals surface area contributed by atoms with E-state index >= 15 is 0 Å². The lowest BCUT2D eigenvalue weighted by atomic mass is 10.0. The van der Waals surface area contributed by atoms with Gasteiger partial charge in [0, 0.05) is 45.3 Å². The molecule has 1 unspecified atom stereocenters. The van der Waals surface area contributed by atoms with Crippen molar-refractivity contribution in [3.63, 3.8) is 0 Å². The average Bonchev–Trinajstić information content (AvgIpc) is 3.58. The minimum absolute atomic E-state index is 0.515. The first kappa shape index (κ1) is 21.2. The van der Waals surface area contributed by atoms with Crippen LogP contribution in [0.1, 0.15) is 36.0 Å². The Labute approximate surface area is 194 Å². The smallest absolute Gasteiger partial charge is 0.194 e. The lowest BCUT2D eigenvalue weighted by Gasteiger charge is -2.21. The molecule has 2 aromatic carbocycles. The van der Waals surface area contributed by atoms with Crippen molar-refractivity contribution in [3.05, 3.63) is 83.9 Å². The normalized spacial score (nSPS) is 16.6. The highest BCUT2D eigenvalue weighted by molar-refractivity contribution is 5.80. The molecule has 0 amide bonds. The summed E-state index contributed by atoms with van der Waals surface area (Å²) in [5.41, 5.74) is 5.99. The Bertz CT molecular complexity index is 1240. The van der Waals surface area contributed by atoms with E-state index in [0.29, 0.717) is 12.5 Å². The third-order valence-electron chi connectivity index (χ3n) is 6.33. The number of rotatable bonds is 6. The molecule has 7 nitrogen and oxygen atoms in total. The fourth-order valence-electron chi connectivity index (χ4n) is 4.55. The van der Waals surface area contributed by atoms with Crippen molar-refractivity contribution < 1.29 is 0 Å². The summed E-state index contributed by atoms with van der Waals surface area (Å²) in [5.74, 6) is 1.51. The Morgan fingerprint density at radius 1 is 1.12 bits per heavy atom. The fourth-order valence-corrected chi connectivity index (χ4v) is 4.55. The molecule has 1 aliphatic rings. The van der Waals surface area contributed by atoms with E-state index in [9.17, 15) is 0 Å². The van der Waals surface area contributed by atoms with Crippen LogP contribution in [-0.2, 0) is 20.1 Å². The monoisotopic (exact) mass is 441 g/mol. The maximum atomic E-state index is 4.94. The molecule has 0 bridgehead atoms. The van der Waals surface area contributed by atoms with Crippen LogP contribution in [0.25, 0.3) is 11.0 Å². The second-order valence-electron chi connectivity index (χ2n) is 8.73. The van der Waals surface area contributed by atoms with Crippen LogP contribution < -0.4 is 5.32 Å². The Morgan fingerprint density at radius 3 is 2.73 bits per heavy atom. The zero-order valence-electron chi connectivity index (χ0n) is 19.4. The van der Waals surface area contributed by atoms with Gasteiger partial charge in [0.05, 0.1) is 30.1 Å². The van der Waals surface area contributed by atoms with E-state index in [4.69, 9.17) is 4.99 Å². The first-order valence-electron chi connectivity index (χ1n) is 11.7. The minimum atomic E-state index is 0.515. The van der Waals surface area contributed by atoms with Gasteiger partial charge in [0.1, 0.15) is 0 Å². The Morgan fingerprint density at radius 2 is 1.94 bits per heavy atom. The van der Waals surface area contributed by atoms with E-state index in [1.165, 1.54) is 16.7 Å². The van der Waals surface area contributed by atoms with Crippen molar-refractivity contribution in [2.24, 2.45) is 12.0 Å². The molecule has 1 aliphatic heterocycles. The molecule has 0 radical (unpaired) electrons. The molecule has 1 atom stereocenters. The predicted octanol–water partition coefficient (Wildman–Crippen LogP) is 3.77. The van der Waals surface area contributed by atoms with E-state index in [1.807, 2.05) is 36.4 Å². The summed E-state index contributed by atoms with van der Waals surface area (Å²) < 4.78 is 4.08. The number of aliphatic imine (C=N–C) groups is 1. The molecular weight excluding hydrogens is 410 g/mol. The van der Waals surface area contributed by atoms with Gasteiger partial charge in [-0.25, -0.2) is 9.98 Å². The van der Waals surface area contributed by atoms with Crippen LogP contribution in [0.3, 0.4) is 0 Å². The number of likely N-dealkylation sites (tertiary alicyclic amines) is 1. The summed E-state index contributed by atoms with van der Waals surface area (Å²) in [6.07, 6.45) is 7.17. The van der Waals surface area contributed by atoms with E-state index in [-0.39, 0.29) is 0 Å². The predicted molar refractivity (Wildman–Crippen MR) is 132 cm³/mol. The van der Waals surface area contributed by atoms with Gasteiger partial charge in [-0.05, 0) is 42.2 Å². The van der Waals surface area contributed by atoms with E-state index in [1.54, 1.807) is 0 Å². The van der Waals surface area contributed by atoms with Gasteiger partial charge in [-0.1, -0.05) is 36.4 Å². The van der Waals surface area contributed by atoms with Crippen molar-refractivity contribution in [3.8, 4) is 0 Å². The number of guanidine groups is 1. The van der Waals surface area contributed by atoms with Crippen LogP contribution in [0.5, 0.6) is 0 Å². The lowest BCUT2D eigenvalue weighted by Crippen LogP contribution is -2.40. The maximum absolute atomic E-state index is 4.94. The number of aryl methyl sites for hydroxylation is 1. The van der Waals surface area contributed by atoms with Crippen molar-refractivity contribution in [2.45, 2.75) is 32.4 Å². The minimum Gasteiger partial charge on any atom is -0.357 e. The summed E-state index contributed by atoms with van der Waals surface area (Å²) in [6, 6.07) is 17.0. The number of hydrogen-bond acceptors (Lipinski definition) is 3. The van der Waals surface area contributed by atoms with Gasteiger partial charge >= 0.3 is 0 Å². The second kappa shape index (κ2) is 9.48. The molecule has 0 spiro atoms. The van der Waals surface area contributed by atoms with Gasteiger partial charge in [0.2, 0.25) is 0 Å². The number of imidazole rings is 1.